The van der Waals surface area contributed by atoms with Crippen molar-refractivity contribution in [2.75, 3.05) is 13.1 Å². The highest BCUT2D eigenvalue weighted by Crippen LogP contribution is 2.14. The van der Waals surface area contributed by atoms with Gasteiger partial charge in [0.1, 0.15) is 11.6 Å². The lowest BCUT2D eigenvalue weighted by Gasteiger charge is -2.30. The van der Waals surface area contributed by atoms with E-state index < -0.39 is 11.6 Å². The van der Waals surface area contributed by atoms with Gasteiger partial charge in [-0.1, -0.05) is 0 Å². The molecule has 1 aromatic rings. The molecule has 112 valence electrons. The summed E-state index contributed by atoms with van der Waals surface area (Å²) >= 11 is 0. The minimum atomic E-state index is -0.483. The van der Waals surface area contributed by atoms with E-state index in [0.29, 0.717) is 13.1 Å². The number of likely N-dealkylation sites (tertiary alicyclic amines) is 1. The molecule has 1 fully saturated rings. The number of amides is 1. The van der Waals surface area contributed by atoms with Crippen LogP contribution in [0.3, 0.4) is 0 Å². The number of nitrogens with two attached hydrogens (primary N) is 1. The Morgan fingerprint density at radius 1 is 1.40 bits per heavy atom. The van der Waals surface area contributed by atoms with Crippen LogP contribution in [0.5, 0.6) is 0 Å². The predicted molar refractivity (Wildman–Crippen MR) is 75.7 cm³/mol. The minimum Gasteiger partial charge on any atom is -0.341 e. The van der Waals surface area contributed by atoms with Crippen LogP contribution in [-0.4, -0.2) is 29.9 Å². The largest absolute Gasteiger partial charge is 0.341 e. The van der Waals surface area contributed by atoms with Crippen molar-refractivity contribution in [3.63, 3.8) is 0 Å². The quantitative estimate of drug-likeness (QED) is 0.931. The van der Waals surface area contributed by atoms with Gasteiger partial charge in [-0.3, -0.25) is 4.79 Å². The van der Waals surface area contributed by atoms with Crippen LogP contribution >= 0.6 is 12.4 Å². The summed E-state index contributed by atoms with van der Waals surface area (Å²) in [6.45, 7) is 1.27. The van der Waals surface area contributed by atoms with E-state index in [-0.39, 0.29) is 42.8 Å². The fourth-order valence-electron chi connectivity index (χ4n) is 2.37. The molecule has 1 unspecified atom stereocenters. The molecule has 1 aliphatic rings. The van der Waals surface area contributed by atoms with Crippen molar-refractivity contribution in [2.45, 2.75) is 31.7 Å². The van der Waals surface area contributed by atoms with Crippen LogP contribution < -0.4 is 5.73 Å². The second-order valence-corrected chi connectivity index (χ2v) is 4.98. The van der Waals surface area contributed by atoms with E-state index in [2.05, 4.69) is 0 Å². The molecule has 1 amide bonds. The molecule has 6 heteroatoms. The van der Waals surface area contributed by atoms with Crippen LogP contribution in [0.25, 0.3) is 0 Å². The van der Waals surface area contributed by atoms with Crippen LogP contribution in [0.2, 0.25) is 0 Å². The first-order valence-corrected chi connectivity index (χ1v) is 6.53. The number of rotatable bonds is 3. The van der Waals surface area contributed by atoms with Crippen molar-refractivity contribution in [3.05, 3.63) is 35.4 Å². The maximum Gasteiger partial charge on any atom is 0.222 e. The number of hydrogen-bond acceptors (Lipinski definition) is 2. The number of benzene rings is 1. The molecular weight excluding hydrogens is 286 g/mol. The molecule has 1 aliphatic heterocycles. The standard InChI is InChI=1S/C14H18F2N2O.ClH/c15-11-4-5-13(16)10(8-11)3-6-14(19)18-7-1-2-12(17)9-18;/h4-5,8,12H,1-3,6-7,9,17H2;1H. The first-order chi connectivity index (χ1) is 9.06. The zero-order valence-electron chi connectivity index (χ0n) is 11.1. The molecule has 20 heavy (non-hydrogen) atoms. The topological polar surface area (TPSA) is 46.3 Å². The summed E-state index contributed by atoms with van der Waals surface area (Å²) in [5.74, 6) is -0.993. The number of carbonyl (C=O) groups is 1. The Kier molecular flexibility index (Phi) is 6.36. The Hall–Kier alpha value is -1.20. The maximum absolute atomic E-state index is 13.4. The van der Waals surface area contributed by atoms with Crippen LogP contribution in [0.4, 0.5) is 8.78 Å². The summed E-state index contributed by atoms with van der Waals surface area (Å²) in [7, 11) is 0. The molecule has 0 aliphatic carbocycles. The Bertz CT molecular complexity index is 470. The van der Waals surface area contributed by atoms with E-state index in [1.807, 2.05) is 0 Å². The number of hydrogen-bond donors (Lipinski definition) is 1. The van der Waals surface area contributed by atoms with Gasteiger partial charge in [-0.2, -0.15) is 0 Å². The number of piperidine rings is 1. The van der Waals surface area contributed by atoms with Gasteiger partial charge in [0, 0.05) is 25.6 Å². The van der Waals surface area contributed by atoms with Gasteiger partial charge in [-0.05, 0) is 43.0 Å². The van der Waals surface area contributed by atoms with E-state index in [0.717, 1.165) is 31.0 Å². The Labute approximate surface area is 123 Å². The highest BCUT2D eigenvalue weighted by atomic mass is 35.5. The van der Waals surface area contributed by atoms with Gasteiger partial charge in [-0.15, -0.1) is 12.4 Å². The molecule has 0 saturated carbocycles. The van der Waals surface area contributed by atoms with Crippen LogP contribution in [-0.2, 0) is 11.2 Å². The minimum absolute atomic E-state index is 0. The molecule has 0 aromatic heterocycles. The lowest BCUT2D eigenvalue weighted by Crippen LogP contribution is -2.45. The van der Waals surface area contributed by atoms with Crippen LogP contribution in [0.15, 0.2) is 18.2 Å². The van der Waals surface area contributed by atoms with Crippen LogP contribution in [0.1, 0.15) is 24.8 Å². The average Bonchev–Trinajstić information content (AvgIpc) is 2.39. The number of halogens is 3. The summed E-state index contributed by atoms with van der Waals surface area (Å²) in [6.07, 6.45) is 2.24. The fourth-order valence-corrected chi connectivity index (χ4v) is 2.37. The zero-order valence-corrected chi connectivity index (χ0v) is 12.0. The molecule has 1 aromatic carbocycles. The molecule has 1 heterocycles. The van der Waals surface area contributed by atoms with Gasteiger partial charge < -0.3 is 10.6 Å². The van der Waals surface area contributed by atoms with Gasteiger partial charge in [0.15, 0.2) is 0 Å². The summed E-state index contributed by atoms with van der Waals surface area (Å²) < 4.78 is 26.4. The molecule has 0 bridgehead atoms. The Balaban J connectivity index is 0.00000200. The molecule has 2 rings (SSSR count). The van der Waals surface area contributed by atoms with Gasteiger partial charge in [0.25, 0.3) is 0 Å². The van der Waals surface area contributed by atoms with E-state index >= 15 is 0 Å². The molecule has 1 saturated heterocycles. The molecule has 0 radical (unpaired) electrons. The third-order valence-corrected chi connectivity index (χ3v) is 3.43. The van der Waals surface area contributed by atoms with Crippen molar-refractivity contribution in [2.24, 2.45) is 5.73 Å². The van der Waals surface area contributed by atoms with Gasteiger partial charge >= 0.3 is 0 Å². The average molecular weight is 305 g/mol. The highest BCUT2D eigenvalue weighted by molar-refractivity contribution is 5.85. The maximum atomic E-state index is 13.4. The molecular formula is C14H19ClF2N2O. The van der Waals surface area contributed by atoms with Crippen molar-refractivity contribution in [1.29, 1.82) is 0 Å². The number of aryl methyl sites for hydroxylation is 1. The smallest absolute Gasteiger partial charge is 0.222 e. The number of nitrogens with zero attached hydrogens (tertiary/aromatic N) is 1. The Morgan fingerprint density at radius 2 is 2.15 bits per heavy atom. The fraction of sp³-hybridized carbons (Fsp3) is 0.500. The Morgan fingerprint density at radius 3 is 2.85 bits per heavy atom. The lowest BCUT2D eigenvalue weighted by molar-refractivity contribution is -0.132. The van der Waals surface area contributed by atoms with Crippen molar-refractivity contribution >= 4 is 18.3 Å². The first kappa shape index (κ1) is 16.9. The van der Waals surface area contributed by atoms with E-state index in [9.17, 15) is 13.6 Å². The monoisotopic (exact) mass is 304 g/mol. The normalized spacial score (nSPS) is 18.6. The van der Waals surface area contributed by atoms with Crippen molar-refractivity contribution in [3.8, 4) is 0 Å². The van der Waals surface area contributed by atoms with Crippen LogP contribution in [0, 0.1) is 11.6 Å². The molecule has 2 N–H and O–H groups in total. The molecule has 0 spiro atoms. The predicted octanol–water partition coefficient (Wildman–Crippen LogP) is 2.27. The van der Waals surface area contributed by atoms with E-state index in [1.165, 1.54) is 0 Å². The third-order valence-electron chi connectivity index (χ3n) is 3.43. The summed E-state index contributed by atoms with van der Waals surface area (Å²) in [5, 5.41) is 0. The molecule has 1 atom stereocenters. The summed E-state index contributed by atoms with van der Waals surface area (Å²) in [5.41, 5.74) is 6.06. The van der Waals surface area contributed by atoms with Crippen molar-refractivity contribution < 1.29 is 13.6 Å². The summed E-state index contributed by atoms with van der Waals surface area (Å²) in [6, 6.07) is 3.34. The number of carbonyl (C=O) groups excluding carboxylic acids is 1. The third kappa shape index (κ3) is 4.42. The van der Waals surface area contributed by atoms with Crippen molar-refractivity contribution in [1.82, 2.24) is 4.90 Å². The van der Waals surface area contributed by atoms with Gasteiger partial charge in [0.2, 0.25) is 5.91 Å². The second kappa shape index (κ2) is 7.55. The van der Waals surface area contributed by atoms with Gasteiger partial charge in [0.05, 0.1) is 0 Å². The van der Waals surface area contributed by atoms with E-state index in [4.69, 9.17) is 5.73 Å². The van der Waals surface area contributed by atoms with Gasteiger partial charge in [-0.25, -0.2) is 8.78 Å². The SMILES string of the molecule is Cl.NC1CCCN(C(=O)CCc2cc(F)ccc2F)C1. The lowest BCUT2D eigenvalue weighted by atomic mass is 10.0. The first-order valence-electron chi connectivity index (χ1n) is 6.53. The molecule has 3 nitrogen and oxygen atoms in total. The second-order valence-electron chi connectivity index (χ2n) is 4.98. The highest BCUT2D eigenvalue weighted by Gasteiger charge is 2.21. The van der Waals surface area contributed by atoms with E-state index in [1.54, 1.807) is 4.90 Å². The summed E-state index contributed by atoms with van der Waals surface area (Å²) in [4.78, 5) is 13.7. The zero-order chi connectivity index (χ0) is 13.8.